The SMILES string of the molecule is CC(C)C(C=O)NC(=O)N1CCC(N(C)C(=O)OC(C)(C)C)CC1. The Labute approximate surface area is 144 Å². The van der Waals surface area contributed by atoms with Crippen molar-refractivity contribution in [3.63, 3.8) is 0 Å². The van der Waals surface area contributed by atoms with Crippen LogP contribution >= 0.6 is 0 Å². The van der Waals surface area contributed by atoms with Crippen LogP contribution in [-0.4, -0.2) is 66.0 Å². The molecule has 3 amide bonds. The second-order valence-electron chi connectivity index (χ2n) is 7.66. The third kappa shape index (κ3) is 6.02. The molecule has 1 N–H and O–H groups in total. The number of likely N-dealkylation sites (tertiary alicyclic amines) is 1. The van der Waals surface area contributed by atoms with E-state index in [9.17, 15) is 14.4 Å². The van der Waals surface area contributed by atoms with E-state index in [-0.39, 0.29) is 24.1 Å². The van der Waals surface area contributed by atoms with E-state index in [0.717, 1.165) is 6.29 Å². The second kappa shape index (κ2) is 8.35. The van der Waals surface area contributed by atoms with Gasteiger partial charge in [0.05, 0.1) is 6.04 Å². The van der Waals surface area contributed by atoms with E-state index >= 15 is 0 Å². The van der Waals surface area contributed by atoms with E-state index in [1.807, 2.05) is 34.6 Å². The number of amides is 3. The Morgan fingerprint density at radius 2 is 1.79 bits per heavy atom. The van der Waals surface area contributed by atoms with Gasteiger partial charge in [0.15, 0.2) is 0 Å². The predicted octanol–water partition coefficient (Wildman–Crippen LogP) is 2.25. The van der Waals surface area contributed by atoms with Crippen molar-refractivity contribution < 1.29 is 19.1 Å². The first kappa shape index (κ1) is 20.3. The standard InChI is InChI=1S/C17H31N3O4/c1-12(2)14(11-21)18-15(22)20-9-7-13(8-10-20)19(6)16(23)24-17(3,4)5/h11-14H,7-10H2,1-6H3,(H,18,22). The molecule has 24 heavy (non-hydrogen) atoms. The fourth-order valence-corrected chi connectivity index (χ4v) is 2.53. The van der Waals surface area contributed by atoms with Crippen LogP contribution in [0.2, 0.25) is 0 Å². The number of hydrogen-bond acceptors (Lipinski definition) is 4. The van der Waals surface area contributed by atoms with Crippen molar-refractivity contribution in [1.29, 1.82) is 0 Å². The number of nitrogens with zero attached hydrogens (tertiary/aromatic N) is 2. The highest BCUT2D eigenvalue weighted by molar-refractivity contribution is 5.78. The minimum Gasteiger partial charge on any atom is -0.444 e. The Kier molecular flexibility index (Phi) is 7.05. The minimum absolute atomic E-state index is 0.0517. The molecule has 0 bridgehead atoms. The lowest BCUT2D eigenvalue weighted by atomic mass is 10.0. The molecule has 7 nitrogen and oxygen atoms in total. The van der Waals surface area contributed by atoms with Crippen LogP contribution in [0.1, 0.15) is 47.5 Å². The van der Waals surface area contributed by atoms with E-state index in [4.69, 9.17) is 4.74 Å². The lowest BCUT2D eigenvalue weighted by Gasteiger charge is -2.37. The topological polar surface area (TPSA) is 79.0 Å². The van der Waals surface area contributed by atoms with Crippen molar-refractivity contribution in [3.8, 4) is 0 Å². The summed E-state index contributed by atoms with van der Waals surface area (Å²) in [6, 6.07) is -0.644. The Balaban J connectivity index is 2.50. The Morgan fingerprint density at radius 3 is 2.21 bits per heavy atom. The maximum absolute atomic E-state index is 12.2. The number of ether oxygens (including phenoxy) is 1. The summed E-state index contributed by atoms with van der Waals surface area (Å²) in [5, 5.41) is 2.75. The molecule has 1 saturated heterocycles. The van der Waals surface area contributed by atoms with E-state index in [2.05, 4.69) is 5.32 Å². The van der Waals surface area contributed by atoms with Crippen LogP contribution < -0.4 is 5.32 Å². The van der Waals surface area contributed by atoms with Gasteiger partial charge < -0.3 is 24.6 Å². The molecule has 1 heterocycles. The number of carbonyl (C=O) groups is 3. The van der Waals surface area contributed by atoms with Gasteiger partial charge in [-0.1, -0.05) is 13.8 Å². The maximum Gasteiger partial charge on any atom is 0.410 e. The van der Waals surface area contributed by atoms with Crippen LogP contribution in [0.5, 0.6) is 0 Å². The van der Waals surface area contributed by atoms with Crippen molar-refractivity contribution in [2.45, 2.75) is 65.1 Å². The van der Waals surface area contributed by atoms with Crippen LogP contribution in [0.15, 0.2) is 0 Å². The Hall–Kier alpha value is -1.79. The fraction of sp³-hybridized carbons (Fsp3) is 0.824. The van der Waals surface area contributed by atoms with Crippen LogP contribution in [0.25, 0.3) is 0 Å². The first-order valence-corrected chi connectivity index (χ1v) is 8.51. The molecule has 1 rings (SSSR count). The van der Waals surface area contributed by atoms with Gasteiger partial charge in [0.2, 0.25) is 0 Å². The van der Waals surface area contributed by atoms with E-state index < -0.39 is 11.6 Å². The highest BCUT2D eigenvalue weighted by Crippen LogP contribution is 2.18. The Morgan fingerprint density at radius 1 is 1.25 bits per heavy atom. The Bertz CT molecular complexity index is 451. The highest BCUT2D eigenvalue weighted by atomic mass is 16.6. The number of nitrogens with one attached hydrogen (secondary N) is 1. The zero-order chi connectivity index (χ0) is 18.5. The van der Waals surface area contributed by atoms with Gasteiger partial charge in [-0.2, -0.15) is 0 Å². The van der Waals surface area contributed by atoms with E-state index in [0.29, 0.717) is 25.9 Å². The smallest absolute Gasteiger partial charge is 0.410 e. The summed E-state index contributed by atoms with van der Waals surface area (Å²) < 4.78 is 5.38. The van der Waals surface area contributed by atoms with Gasteiger partial charge in [-0.05, 0) is 39.5 Å². The molecule has 0 radical (unpaired) electrons. The van der Waals surface area contributed by atoms with E-state index in [1.54, 1.807) is 16.8 Å². The van der Waals surface area contributed by atoms with Gasteiger partial charge in [0, 0.05) is 26.2 Å². The molecule has 0 aliphatic carbocycles. The number of aldehydes is 1. The molecule has 0 aromatic rings. The normalized spacial score (nSPS) is 17.4. The summed E-state index contributed by atoms with van der Waals surface area (Å²) in [5.74, 6) is 0.0577. The van der Waals surface area contributed by atoms with Gasteiger partial charge in [-0.3, -0.25) is 0 Å². The number of hydrogen-bond donors (Lipinski definition) is 1. The van der Waals surface area contributed by atoms with Crippen LogP contribution in [-0.2, 0) is 9.53 Å². The third-order valence-electron chi connectivity index (χ3n) is 4.14. The average Bonchev–Trinajstić information content (AvgIpc) is 2.49. The molecule has 0 aromatic carbocycles. The van der Waals surface area contributed by atoms with Gasteiger partial charge in [0.25, 0.3) is 0 Å². The largest absolute Gasteiger partial charge is 0.444 e. The number of carbonyl (C=O) groups excluding carboxylic acids is 3. The summed E-state index contributed by atoms with van der Waals surface area (Å²) in [6.07, 6.45) is 1.81. The molecule has 0 spiro atoms. The highest BCUT2D eigenvalue weighted by Gasteiger charge is 2.30. The lowest BCUT2D eigenvalue weighted by Crippen LogP contribution is -2.53. The molecule has 1 unspecified atom stereocenters. The van der Waals surface area contributed by atoms with Gasteiger partial charge >= 0.3 is 12.1 Å². The molecular formula is C17H31N3O4. The van der Waals surface area contributed by atoms with Crippen molar-refractivity contribution in [2.24, 2.45) is 5.92 Å². The predicted molar refractivity (Wildman–Crippen MR) is 91.8 cm³/mol. The average molecular weight is 341 g/mol. The van der Waals surface area contributed by atoms with Crippen molar-refractivity contribution in [1.82, 2.24) is 15.1 Å². The summed E-state index contributed by atoms with van der Waals surface area (Å²) in [5.41, 5.74) is -0.521. The summed E-state index contributed by atoms with van der Waals surface area (Å²) in [6.45, 7) is 10.4. The number of rotatable bonds is 4. The number of urea groups is 1. The van der Waals surface area contributed by atoms with Crippen LogP contribution in [0, 0.1) is 5.92 Å². The van der Waals surface area contributed by atoms with Crippen molar-refractivity contribution in [2.75, 3.05) is 20.1 Å². The quantitative estimate of drug-likeness (QED) is 0.796. The first-order valence-electron chi connectivity index (χ1n) is 8.51. The maximum atomic E-state index is 12.2. The van der Waals surface area contributed by atoms with Crippen LogP contribution in [0.4, 0.5) is 9.59 Å². The summed E-state index contributed by atoms with van der Waals surface area (Å²) in [4.78, 5) is 38.6. The summed E-state index contributed by atoms with van der Waals surface area (Å²) in [7, 11) is 1.73. The third-order valence-corrected chi connectivity index (χ3v) is 4.14. The van der Waals surface area contributed by atoms with E-state index in [1.165, 1.54) is 0 Å². The molecular weight excluding hydrogens is 310 g/mol. The number of piperidine rings is 1. The minimum atomic E-state index is -0.521. The van der Waals surface area contributed by atoms with Crippen molar-refractivity contribution in [3.05, 3.63) is 0 Å². The summed E-state index contributed by atoms with van der Waals surface area (Å²) >= 11 is 0. The zero-order valence-corrected chi connectivity index (χ0v) is 15.7. The molecule has 1 atom stereocenters. The molecule has 0 saturated carbocycles. The molecule has 7 heteroatoms. The molecule has 1 fully saturated rings. The molecule has 1 aliphatic rings. The fourth-order valence-electron chi connectivity index (χ4n) is 2.53. The second-order valence-corrected chi connectivity index (χ2v) is 7.66. The molecule has 138 valence electrons. The monoisotopic (exact) mass is 341 g/mol. The van der Waals surface area contributed by atoms with Crippen molar-refractivity contribution >= 4 is 18.4 Å². The molecule has 0 aromatic heterocycles. The molecule has 1 aliphatic heterocycles. The zero-order valence-electron chi connectivity index (χ0n) is 15.7. The lowest BCUT2D eigenvalue weighted by molar-refractivity contribution is -0.110. The van der Waals surface area contributed by atoms with Gasteiger partial charge in [-0.15, -0.1) is 0 Å². The van der Waals surface area contributed by atoms with Gasteiger partial charge in [-0.25, -0.2) is 9.59 Å². The first-order chi connectivity index (χ1) is 11.0. The van der Waals surface area contributed by atoms with Gasteiger partial charge in [0.1, 0.15) is 11.9 Å². The van der Waals surface area contributed by atoms with Crippen LogP contribution in [0.3, 0.4) is 0 Å².